The fourth-order valence-electron chi connectivity index (χ4n) is 0.988. The Balaban J connectivity index is 2.44. The molecular weight excluding hydrogens is 166 g/mol. The van der Waals surface area contributed by atoms with E-state index in [0.717, 1.165) is 25.7 Å². The Labute approximate surface area is 67.2 Å². The second-order valence-electron chi connectivity index (χ2n) is 2.58. The van der Waals surface area contributed by atoms with Crippen LogP contribution in [0.3, 0.4) is 0 Å². The van der Waals surface area contributed by atoms with Gasteiger partial charge in [-0.15, -0.1) is 0 Å². The van der Waals surface area contributed by atoms with E-state index in [9.17, 15) is 8.42 Å². The maximum atomic E-state index is 10.8. The lowest BCUT2D eigenvalue weighted by Crippen LogP contribution is -2.26. The molecule has 0 amide bonds. The molecule has 1 aliphatic heterocycles. The standard InChI is InChI=1S/C6H13NO3S/c8-11(9)7-5-3-1-2-4-6-10-11/h7H,1-6H2. The summed E-state index contributed by atoms with van der Waals surface area (Å²) >= 11 is 0. The minimum atomic E-state index is -3.42. The van der Waals surface area contributed by atoms with Crippen molar-refractivity contribution < 1.29 is 12.6 Å². The molecule has 66 valence electrons. The topological polar surface area (TPSA) is 55.4 Å². The fraction of sp³-hybridized carbons (Fsp3) is 1.00. The van der Waals surface area contributed by atoms with Gasteiger partial charge in [0.1, 0.15) is 0 Å². The molecule has 4 nitrogen and oxygen atoms in total. The third-order valence-electron chi connectivity index (χ3n) is 1.59. The number of rotatable bonds is 0. The van der Waals surface area contributed by atoms with Crippen molar-refractivity contribution in [2.75, 3.05) is 13.2 Å². The number of hydrogen-bond donors (Lipinski definition) is 1. The highest BCUT2D eigenvalue weighted by molar-refractivity contribution is 7.84. The molecule has 0 atom stereocenters. The maximum Gasteiger partial charge on any atom is 0.335 e. The maximum absolute atomic E-state index is 10.8. The van der Waals surface area contributed by atoms with Crippen LogP contribution >= 0.6 is 0 Å². The predicted molar refractivity (Wildman–Crippen MR) is 41.3 cm³/mol. The first-order chi connectivity index (χ1) is 5.21. The van der Waals surface area contributed by atoms with Crippen LogP contribution in [0.1, 0.15) is 25.7 Å². The summed E-state index contributed by atoms with van der Waals surface area (Å²) in [5.74, 6) is 0. The van der Waals surface area contributed by atoms with Gasteiger partial charge in [0.05, 0.1) is 6.61 Å². The molecular formula is C6H13NO3S. The SMILES string of the molecule is O=S1(=O)NCCCCCCO1. The van der Waals surface area contributed by atoms with Crippen molar-refractivity contribution >= 4 is 10.3 Å². The molecule has 1 aliphatic rings. The Morgan fingerprint density at radius 3 is 2.64 bits per heavy atom. The van der Waals surface area contributed by atoms with Crippen LogP contribution in [0.2, 0.25) is 0 Å². The Kier molecular flexibility index (Phi) is 3.29. The lowest BCUT2D eigenvalue weighted by Gasteiger charge is -2.02. The van der Waals surface area contributed by atoms with Crippen LogP contribution in [0.15, 0.2) is 0 Å². The van der Waals surface area contributed by atoms with Crippen LogP contribution in [0, 0.1) is 0 Å². The quantitative estimate of drug-likeness (QED) is 0.586. The summed E-state index contributed by atoms with van der Waals surface area (Å²) < 4.78 is 28.6. The molecule has 0 aliphatic carbocycles. The van der Waals surface area contributed by atoms with E-state index in [0.29, 0.717) is 13.2 Å². The summed E-state index contributed by atoms with van der Waals surface area (Å²) in [6, 6.07) is 0. The van der Waals surface area contributed by atoms with E-state index in [1.807, 2.05) is 0 Å². The molecule has 0 aromatic heterocycles. The van der Waals surface area contributed by atoms with Crippen molar-refractivity contribution in [2.24, 2.45) is 0 Å². The van der Waals surface area contributed by atoms with Gasteiger partial charge in [-0.25, -0.2) is 0 Å². The zero-order valence-electron chi connectivity index (χ0n) is 6.38. The van der Waals surface area contributed by atoms with E-state index < -0.39 is 10.3 Å². The third-order valence-corrected chi connectivity index (χ3v) is 2.62. The van der Waals surface area contributed by atoms with Crippen molar-refractivity contribution in [1.29, 1.82) is 0 Å². The lowest BCUT2D eigenvalue weighted by atomic mass is 10.2. The first-order valence-electron chi connectivity index (χ1n) is 3.85. The average molecular weight is 179 g/mol. The summed E-state index contributed by atoms with van der Waals surface area (Å²) in [5, 5.41) is 0. The molecule has 0 aromatic rings. The third kappa shape index (κ3) is 3.69. The van der Waals surface area contributed by atoms with E-state index in [-0.39, 0.29) is 0 Å². The number of hydrogen-bond acceptors (Lipinski definition) is 3. The highest BCUT2D eigenvalue weighted by Gasteiger charge is 2.10. The zero-order valence-corrected chi connectivity index (χ0v) is 7.19. The summed E-state index contributed by atoms with van der Waals surface area (Å²) in [5.41, 5.74) is 0. The summed E-state index contributed by atoms with van der Waals surface area (Å²) in [6.07, 6.45) is 3.87. The molecule has 0 spiro atoms. The smallest absolute Gasteiger partial charge is 0.258 e. The van der Waals surface area contributed by atoms with Gasteiger partial charge in [0, 0.05) is 6.54 Å². The Morgan fingerprint density at radius 1 is 1.09 bits per heavy atom. The fourth-order valence-corrected chi connectivity index (χ4v) is 1.80. The molecule has 0 saturated carbocycles. The molecule has 1 rings (SSSR count). The molecule has 0 aromatic carbocycles. The molecule has 1 saturated heterocycles. The van der Waals surface area contributed by atoms with Gasteiger partial charge in [-0.3, -0.25) is 4.18 Å². The molecule has 1 N–H and O–H groups in total. The summed E-state index contributed by atoms with van der Waals surface area (Å²) in [6.45, 7) is 0.817. The predicted octanol–water partition coefficient (Wildman–Crippen LogP) is 0.411. The van der Waals surface area contributed by atoms with Crippen molar-refractivity contribution in [2.45, 2.75) is 25.7 Å². The van der Waals surface area contributed by atoms with Crippen LogP contribution in [-0.4, -0.2) is 21.6 Å². The van der Waals surface area contributed by atoms with Crippen molar-refractivity contribution in [3.63, 3.8) is 0 Å². The van der Waals surface area contributed by atoms with Crippen molar-refractivity contribution in [3.05, 3.63) is 0 Å². The monoisotopic (exact) mass is 179 g/mol. The average Bonchev–Trinajstić information content (AvgIpc) is 2.00. The molecule has 1 heterocycles. The Hall–Kier alpha value is -0.130. The molecule has 5 heteroatoms. The van der Waals surface area contributed by atoms with E-state index >= 15 is 0 Å². The Bertz CT molecular complexity index is 184. The molecule has 0 bridgehead atoms. The van der Waals surface area contributed by atoms with Crippen LogP contribution in [0.5, 0.6) is 0 Å². The normalized spacial score (nSPS) is 26.5. The minimum absolute atomic E-state index is 0.315. The van der Waals surface area contributed by atoms with E-state index in [1.165, 1.54) is 0 Å². The van der Waals surface area contributed by atoms with Crippen LogP contribution in [-0.2, 0) is 14.5 Å². The molecule has 11 heavy (non-hydrogen) atoms. The molecule has 1 fully saturated rings. The van der Waals surface area contributed by atoms with Gasteiger partial charge in [-0.2, -0.15) is 13.1 Å². The highest BCUT2D eigenvalue weighted by Crippen LogP contribution is 2.03. The highest BCUT2D eigenvalue weighted by atomic mass is 32.2. The summed E-state index contributed by atoms with van der Waals surface area (Å²) in [7, 11) is -3.42. The van der Waals surface area contributed by atoms with Gasteiger partial charge in [-0.05, 0) is 12.8 Å². The zero-order chi connectivity index (χ0) is 8.16. The summed E-state index contributed by atoms with van der Waals surface area (Å²) in [4.78, 5) is 0. The van der Waals surface area contributed by atoms with Gasteiger partial charge in [-0.1, -0.05) is 12.8 Å². The van der Waals surface area contributed by atoms with Crippen LogP contribution in [0.4, 0.5) is 0 Å². The van der Waals surface area contributed by atoms with E-state index in [1.54, 1.807) is 0 Å². The largest absolute Gasteiger partial charge is 0.335 e. The second kappa shape index (κ2) is 4.04. The van der Waals surface area contributed by atoms with E-state index in [2.05, 4.69) is 8.91 Å². The second-order valence-corrected chi connectivity index (χ2v) is 4.02. The van der Waals surface area contributed by atoms with Crippen LogP contribution in [0.25, 0.3) is 0 Å². The first kappa shape index (κ1) is 8.96. The number of nitrogens with one attached hydrogen (secondary N) is 1. The van der Waals surface area contributed by atoms with Gasteiger partial charge in [0.15, 0.2) is 0 Å². The van der Waals surface area contributed by atoms with Gasteiger partial charge >= 0.3 is 10.3 Å². The van der Waals surface area contributed by atoms with Crippen molar-refractivity contribution in [3.8, 4) is 0 Å². The first-order valence-corrected chi connectivity index (χ1v) is 5.25. The molecule has 0 unspecified atom stereocenters. The van der Waals surface area contributed by atoms with Crippen molar-refractivity contribution in [1.82, 2.24) is 4.72 Å². The molecule has 0 radical (unpaired) electrons. The minimum Gasteiger partial charge on any atom is -0.258 e. The van der Waals surface area contributed by atoms with Gasteiger partial charge < -0.3 is 0 Å². The van der Waals surface area contributed by atoms with Gasteiger partial charge in [0.2, 0.25) is 0 Å². The lowest BCUT2D eigenvalue weighted by molar-refractivity contribution is 0.306. The van der Waals surface area contributed by atoms with Crippen LogP contribution < -0.4 is 4.72 Å². The van der Waals surface area contributed by atoms with Gasteiger partial charge in [0.25, 0.3) is 0 Å². The van der Waals surface area contributed by atoms with E-state index in [4.69, 9.17) is 0 Å². The Morgan fingerprint density at radius 2 is 1.82 bits per heavy atom.